The van der Waals surface area contributed by atoms with Crippen molar-refractivity contribution >= 4 is 39.7 Å². The molecule has 1 N–H and O–H groups in total. The second-order valence-corrected chi connectivity index (χ2v) is 8.76. The maximum Gasteiger partial charge on any atom is 0.272 e. The van der Waals surface area contributed by atoms with Gasteiger partial charge in [0, 0.05) is 27.1 Å². The summed E-state index contributed by atoms with van der Waals surface area (Å²) >= 11 is 9.95. The highest BCUT2D eigenvalue weighted by Crippen LogP contribution is 2.30. The van der Waals surface area contributed by atoms with E-state index in [1.165, 1.54) is 6.21 Å². The second-order valence-electron chi connectivity index (χ2n) is 7.50. The third-order valence-electron chi connectivity index (χ3n) is 5.10. The lowest BCUT2D eigenvalue weighted by molar-refractivity contribution is 0.0955. The lowest BCUT2D eigenvalue weighted by Gasteiger charge is -2.11. The van der Waals surface area contributed by atoms with Gasteiger partial charge in [0.1, 0.15) is 11.5 Å². The van der Waals surface area contributed by atoms with Gasteiger partial charge in [0.05, 0.1) is 16.8 Å². The molecule has 2 aromatic heterocycles. The van der Waals surface area contributed by atoms with Crippen molar-refractivity contribution < 1.29 is 9.21 Å². The first-order valence-electron chi connectivity index (χ1n) is 9.98. The van der Waals surface area contributed by atoms with Crippen LogP contribution in [-0.2, 0) is 0 Å². The quantitative estimate of drug-likeness (QED) is 0.236. The number of carbonyl (C=O) groups is 1. The minimum atomic E-state index is -0.396. The molecule has 32 heavy (non-hydrogen) atoms. The summed E-state index contributed by atoms with van der Waals surface area (Å²) in [6.07, 6.45) is 1.46. The topological polar surface area (TPSA) is 59.5 Å². The second kappa shape index (κ2) is 9.18. The number of hydrogen-bond donors (Lipinski definition) is 1. The Kier molecular flexibility index (Phi) is 6.35. The van der Waals surface area contributed by atoms with Crippen LogP contribution in [0.15, 0.2) is 74.7 Å². The summed E-state index contributed by atoms with van der Waals surface area (Å²) in [4.78, 5) is 12.5. The number of nitrogens with zero attached hydrogens (tertiary/aromatic N) is 2. The first-order valence-corrected chi connectivity index (χ1v) is 11.2. The first-order chi connectivity index (χ1) is 15.3. The summed E-state index contributed by atoms with van der Waals surface area (Å²) in [6.45, 7) is 6.07. The van der Waals surface area contributed by atoms with E-state index in [-0.39, 0.29) is 0 Å². The van der Waals surface area contributed by atoms with Crippen molar-refractivity contribution in [1.29, 1.82) is 0 Å². The number of amides is 1. The van der Waals surface area contributed by atoms with Crippen LogP contribution in [0.5, 0.6) is 0 Å². The van der Waals surface area contributed by atoms with Crippen molar-refractivity contribution in [3.8, 4) is 17.0 Å². The highest BCUT2D eigenvalue weighted by Gasteiger charge is 2.13. The van der Waals surface area contributed by atoms with E-state index in [1.54, 1.807) is 18.2 Å². The molecule has 4 rings (SSSR count). The Morgan fingerprint density at radius 3 is 2.47 bits per heavy atom. The molecule has 0 saturated carbocycles. The van der Waals surface area contributed by atoms with Gasteiger partial charge in [-0.1, -0.05) is 33.6 Å². The van der Waals surface area contributed by atoms with E-state index in [9.17, 15) is 4.79 Å². The zero-order chi connectivity index (χ0) is 22.8. The predicted molar refractivity (Wildman–Crippen MR) is 132 cm³/mol. The van der Waals surface area contributed by atoms with Crippen LogP contribution in [-0.4, -0.2) is 16.7 Å². The molecule has 0 fully saturated rings. The average Bonchev–Trinajstić information content (AvgIpc) is 3.34. The third kappa shape index (κ3) is 4.56. The molecule has 0 aliphatic heterocycles. The molecule has 5 nitrogen and oxygen atoms in total. The van der Waals surface area contributed by atoms with E-state index in [4.69, 9.17) is 16.0 Å². The van der Waals surface area contributed by atoms with Gasteiger partial charge in [0.15, 0.2) is 0 Å². The van der Waals surface area contributed by atoms with Crippen molar-refractivity contribution in [2.45, 2.75) is 20.8 Å². The maximum absolute atomic E-state index is 12.5. The van der Waals surface area contributed by atoms with Crippen molar-refractivity contribution in [2.24, 2.45) is 5.10 Å². The molecule has 0 bridgehead atoms. The summed E-state index contributed by atoms with van der Waals surface area (Å²) in [7, 11) is 0. The molecule has 0 aliphatic rings. The Balaban J connectivity index is 1.45. The van der Waals surface area contributed by atoms with E-state index in [0.717, 1.165) is 32.7 Å². The normalized spacial score (nSPS) is 11.3. The Morgan fingerprint density at radius 1 is 1.03 bits per heavy atom. The molecule has 0 radical (unpaired) electrons. The van der Waals surface area contributed by atoms with Gasteiger partial charge in [-0.25, -0.2) is 5.43 Å². The standard InChI is InChI=1S/C25H21BrClN3O2/c1-15-4-9-20(22(26)12-15)24-11-8-19(32-24)14-28-29-25(31)21-10-7-18(13-23(21)27)30-16(2)5-6-17(30)3/h4-14H,1-3H3,(H,29,31)/b28-14-. The Morgan fingerprint density at radius 2 is 1.78 bits per heavy atom. The van der Waals surface area contributed by atoms with E-state index >= 15 is 0 Å². The van der Waals surface area contributed by atoms with Crippen LogP contribution in [0.3, 0.4) is 0 Å². The summed E-state index contributed by atoms with van der Waals surface area (Å²) in [5.74, 6) is 0.832. The number of aromatic nitrogens is 1. The predicted octanol–water partition coefficient (Wildman–Crippen LogP) is 6.84. The van der Waals surface area contributed by atoms with Gasteiger partial charge in [-0.05, 0) is 80.9 Å². The zero-order valence-corrected chi connectivity index (χ0v) is 20.2. The summed E-state index contributed by atoms with van der Waals surface area (Å²) in [5.41, 5.74) is 8.04. The fourth-order valence-electron chi connectivity index (χ4n) is 3.50. The Labute approximate surface area is 199 Å². The van der Waals surface area contributed by atoms with Crippen molar-refractivity contribution in [1.82, 2.24) is 9.99 Å². The van der Waals surface area contributed by atoms with Crippen molar-refractivity contribution in [2.75, 3.05) is 0 Å². The maximum atomic E-state index is 12.5. The number of halogens is 2. The molecule has 0 unspecified atom stereocenters. The minimum Gasteiger partial charge on any atom is -0.455 e. The number of rotatable bonds is 5. The molecular formula is C25H21BrClN3O2. The Hall–Kier alpha value is -3.09. The molecule has 1 amide bonds. The van der Waals surface area contributed by atoms with Gasteiger partial charge in [-0.3, -0.25) is 4.79 Å². The molecule has 0 atom stereocenters. The van der Waals surface area contributed by atoms with Crippen LogP contribution in [0, 0.1) is 20.8 Å². The van der Waals surface area contributed by atoms with Crippen LogP contribution in [0.1, 0.15) is 33.1 Å². The lowest BCUT2D eigenvalue weighted by Crippen LogP contribution is -2.18. The number of aryl methyl sites for hydroxylation is 3. The van der Waals surface area contributed by atoms with Gasteiger partial charge < -0.3 is 8.98 Å². The van der Waals surface area contributed by atoms with Gasteiger partial charge >= 0.3 is 0 Å². The van der Waals surface area contributed by atoms with Gasteiger partial charge in [-0.2, -0.15) is 5.10 Å². The number of benzene rings is 2. The van der Waals surface area contributed by atoms with E-state index in [1.807, 2.05) is 63.2 Å². The van der Waals surface area contributed by atoms with Crippen LogP contribution in [0.25, 0.3) is 17.0 Å². The average molecular weight is 511 g/mol. The number of carbonyl (C=O) groups excluding carboxylic acids is 1. The molecule has 7 heteroatoms. The Bertz CT molecular complexity index is 1320. The van der Waals surface area contributed by atoms with Crippen LogP contribution < -0.4 is 5.43 Å². The van der Waals surface area contributed by atoms with Crippen molar-refractivity contribution in [3.63, 3.8) is 0 Å². The first kappa shape index (κ1) is 22.1. The highest BCUT2D eigenvalue weighted by molar-refractivity contribution is 9.10. The number of hydrogen-bond acceptors (Lipinski definition) is 3. The van der Waals surface area contributed by atoms with E-state index in [0.29, 0.717) is 22.1 Å². The monoisotopic (exact) mass is 509 g/mol. The molecule has 0 saturated heterocycles. The fourth-order valence-corrected chi connectivity index (χ4v) is 4.45. The number of furan rings is 1. The smallest absolute Gasteiger partial charge is 0.272 e. The fraction of sp³-hybridized carbons (Fsp3) is 0.120. The largest absolute Gasteiger partial charge is 0.455 e. The summed E-state index contributed by atoms with van der Waals surface area (Å²) < 4.78 is 8.85. The lowest BCUT2D eigenvalue weighted by atomic mass is 10.1. The summed E-state index contributed by atoms with van der Waals surface area (Å²) in [5, 5.41) is 4.36. The number of hydrazone groups is 1. The summed E-state index contributed by atoms with van der Waals surface area (Å²) in [6, 6.07) is 19.1. The van der Waals surface area contributed by atoms with Crippen LogP contribution in [0.2, 0.25) is 5.02 Å². The molecular weight excluding hydrogens is 490 g/mol. The third-order valence-corrected chi connectivity index (χ3v) is 6.07. The van der Waals surface area contributed by atoms with Gasteiger partial charge in [-0.15, -0.1) is 0 Å². The van der Waals surface area contributed by atoms with E-state index < -0.39 is 5.91 Å². The van der Waals surface area contributed by atoms with Crippen LogP contribution in [0.4, 0.5) is 0 Å². The van der Waals surface area contributed by atoms with E-state index in [2.05, 4.69) is 31.0 Å². The van der Waals surface area contributed by atoms with Gasteiger partial charge in [0.2, 0.25) is 0 Å². The SMILES string of the molecule is Cc1ccc(-c2ccc(/C=N\NC(=O)c3ccc(-n4c(C)ccc4C)cc3Cl)o2)c(Br)c1. The molecule has 2 aromatic carbocycles. The number of nitrogens with one attached hydrogen (secondary N) is 1. The molecule has 162 valence electrons. The minimum absolute atomic E-state index is 0.346. The highest BCUT2D eigenvalue weighted by atomic mass is 79.9. The zero-order valence-electron chi connectivity index (χ0n) is 17.8. The molecule has 0 spiro atoms. The molecule has 0 aliphatic carbocycles. The molecule has 4 aromatic rings. The van der Waals surface area contributed by atoms with Gasteiger partial charge in [0.25, 0.3) is 5.91 Å². The molecule has 2 heterocycles. The van der Waals surface area contributed by atoms with Crippen LogP contribution >= 0.6 is 27.5 Å². The van der Waals surface area contributed by atoms with Crippen molar-refractivity contribution in [3.05, 3.63) is 98.4 Å².